The minimum atomic E-state index is 0.321. The summed E-state index contributed by atoms with van der Waals surface area (Å²) in [6, 6.07) is 18.1. The van der Waals surface area contributed by atoms with Gasteiger partial charge in [-0.15, -0.1) is 0 Å². The molecule has 3 nitrogen and oxygen atoms in total. The number of hydrogen-bond donors (Lipinski definition) is 1. The lowest BCUT2D eigenvalue weighted by molar-refractivity contribution is 0.306. The third-order valence-electron chi connectivity index (χ3n) is 3.63. The molecule has 27 heavy (non-hydrogen) atoms. The second-order valence-electron chi connectivity index (χ2n) is 5.56. The van der Waals surface area contributed by atoms with Crippen LogP contribution in [0.2, 0.25) is 20.1 Å². The Kier molecular flexibility index (Phi) is 6.86. The summed E-state index contributed by atoms with van der Waals surface area (Å²) in [5.41, 5.74) is 5.31. The molecular weight excluding hydrogens is 426 g/mol. The summed E-state index contributed by atoms with van der Waals surface area (Å²) in [5, 5.41) is 6.33. The van der Waals surface area contributed by atoms with Crippen LogP contribution in [0.1, 0.15) is 11.1 Å². The molecule has 0 aromatic heterocycles. The van der Waals surface area contributed by atoms with Gasteiger partial charge in [0.2, 0.25) is 0 Å². The van der Waals surface area contributed by atoms with Crippen molar-refractivity contribution < 1.29 is 4.74 Å². The van der Waals surface area contributed by atoms with Crippen LogP contribution in [-0.4, -0.2) is 6.21 Å². The smallest absolute Gasteiger partial charge is 0.128 e. The van der Waals surface area contributed by atoms with E-state index in [1.165, 1.54) is 0 Å². The highest BCUT2D eigenvalue weighted by molar-refractivity contribution is 6.42. The van der Waals surface area contributed by atoms with Crippen LogP contribution in [0.25, 0.3) is 0 Å². The number of nitrogens with one attached hydrogen (secondary N) is 1. The number of benzene rings is 3. The average molecular weight is 440 g/mol. The van der Waals surface area contributed by atoms with Crippen molar-refractivity contribution in [2.75, 3.05) is 5.43 Å². The Morgan fingerprint density at radius 1 is 0.852 bits per heavy atom. The number of hydrogen-bond acceptors (Lipinski definition) is 3. The van der Waals surface area contributed by atoms with E-state index in [-0.39, 0.29) is 0 Å². The monoisotopic (exact) mass is 438 g/mol. The highest BCUT2D eigenvalue weighted by atomic mass is 35.5. The second-order valence-corrected chi connectivity index (χ2v) is 7.22. The third-order valence-corrected chi connectivity index (χ3v) is 4.96. The van der Waals surface area contributed by atoms with Crippen LogP contribution in [0.5, 0.6) is 5.75 Å². The Labute approximate surface area is 177 Å². The van der Waals surface area contributed by atoms with Gasteiger partial charge in [-0.25, -0.2) is 0 Å². The fourth-order valence-electron chi connectivity index (χ4n) is 2.25. The first-order valence-electron chi connectivity index (χ1n) is 7.93. The predicted molar refractivity (Wildman–Crippen MR) is 115 cm³/mol. The van der Waals surface area contributed by atoms with Gasteiger partial charge in [-0.05, 0) is 42.5 Å². The van der Waals surface area contributed by atoms with Crippen LogP contribution < -0.4 is 10.2 Å². The first-order valence-corrected chi connectivity index (χ1v) is 9.44. The number of ether oxygens (including phenoxy) is 1. The van der Waals surface area contributed by atoms with Crippen molar-refractivity contribution in [2.24, 2.45) is 5.10 Å². The van der Waals surface area contributed by atoms with Crippen LogP contribution in [0.3, 0.4) is 0 Å². The molecule has 0 atom stereocenters. The maximum Gasteiger partial charge on any atom is 0.128 e. The summed E-state index contributed by atoms with van der Waals surface area (Å²) in [5.74, 6) is 0.684. The number of hydrazone groups is 1. The Morgan fingerprint density at radius 2 is 1.67 bits per heavy atom. The van der Waals surface area contributed by atoms with E-state index in [0.29, 0.717) is 32.4 Å². The van der Waals surface area contributed by atoms with Crippen molar-refractivity contribution in [3.63, 3.8) is 0 Å². The quantitative estimate of drug-likeness (QED) is 0.322. The molecule has 0 aliphatic carbocycles. The molecule has 3 aromatic carbocycles. The lowest BCUT2D eigenvalue weighted by Crippen LogP contribution is -1.99. The van der Waals surface area contributed by atoms with Gasteiger partial charge in [0.25, 0.3) is 0 Å². The van der Waals surface area contributed by atoms with Gasteiger partial charge in [-0.3, -0.25) is 5.43 Å². The Morgan fingerprint density at radius 3 is 2.44 bits per heavy atom. The highest BCUT2D eigenvalue weighted by Crippen LogP contribution is 2.26. The molecule has 3 rings (SSSR count). The maximum absolute atomic E-state index is 6.19. The lowest BCUT2D eigenvalue weighted by atomic mass is 10.2. The first kappa shape index (κ1) is 19.8. The van der Waals surface area contributed by atoms with E-state index in [1.807, 2.05) is 30.3 Å². The Bertz CT molecular complexity index is 976. The molecule has 138 valence electrons. The normalized spacial score (nSPS) is 11.0. The summed E-state index contributed by atoms with van der Waals surface area (Å²) >= 11 is 24.0. The van der Waals surface area contributed by atoms with E-state index < -0.39 is 0 Å². The zero-order valence-corrected chi connectivity index (χ0v) is 16.9. The average Bonchev–Trinajstić information content (AvgIpc) is 2.65. The molecule has 1 N–H and O–H groups in total. The van der Waals surface area contributed by atoms with Gasteiger partial charge < -0.3 is 4.74 Å². The van der Waals surface area contributed by atoms with Gasteiger partial charge >= 0.3 is 0 Å². The van der Waals surface area contributed by atoms with Gasteiger partial charge in [-0.1, -0.05) is 64.6 Å². The van der Waals surface area contributed by atoms with Crippen molar-refractivity contribution in [1.82, 2.24) is 0 Å². The van der Waals surface area contributed by atoms with Gasteiger partial charge in [-0.2, -0.15) is 5.10 Å². The van der Waals surface area contributed by atoms with E-state index in [0.717, 1.165) is 16.8 Å². The fraction of sp³-hybridized carbons (Fsp3) is 0.0500. The molecule has 0 bridgehead atoms. The molecule has 0 saturated heterocycles. The molecule has 7 heteroatoms. The minimum Gasteiger partial charge on any atom is -0.488 e. The largest absolute Gasteiger partial charge is 0.488 e. The van der Waals surface area contributed by atoms with Crippen molar-refractivity contribution in [2.45, 2.75) is 6.61 Å². The highest BCUT2D eigenvalue weighted by Gasteiger charge is 2.05. The Hall–Kier alpha value is -1.91. The van der Waals surface area contributed by atoms with E-state index >= 15 is 0 Å². The SMILES string of the molecule is Clc1ccc(COc2ccccc2C=NNc2ccc(Cl)c(Cl)c2)c(Cl)c1. The lowest BCUT2D eigenvalue weighted by Gasteiger charge is -2.10. The minimum absolute atomic E-state index is 0.321. The molecule has 0 unspecified atom stereocenters. The fourth-order valence-corrected chi connectivity index (χ4v) is 3.02. The van der Waals surface area contributed by atoms with Crippen LogP contribution >= 0.6 is 46.4 Å². The first-order chi connectivity index (χ1) is 13.0. The van der Waals surface area contributed by atoms with E-state index in [9.17, 15) is 0 Å². The zero-order valence-electron chi connectivity index (χ0n) is 13.9. The zero-order chi connectivity index (χ0) is 19.2. The van der Waals surface area contributed by atoms with Gasteiger partial charge in [0.15, 0.2) is 0 Å². The molecule has 0 amide bonds. The second kappa shape index (κ2) is 9.34. The summed E-state index contributed by atoms with van der Waals surface area (Å²) < 4.78 is 5.90. The number of halogens is 4. The predicted octanol–water partition coefficient (Wildman–Crippen LogP) is 7.33. The molecule has 3 aromatic rings. The van der Waals surface area contributed by atoms with E-state index in [4.69, 9.17) is 51.1 Å². The molecule has 0 saturated carbocycles. The van der Waals surface area contributed by atoms with Gasteiger partial charge in [0.1, 0.15) is 12.4 Å². The summed E-state index contributed by atoms with van der Waals surface area (Å²) in [4.78, 5) is 0. The van der Waals surface area contributed by atoms with Gasteiger partial charge in [0, 0.05) is 21.2 Å². The Balaban J connectivity index is 1.68. The van der Waals surface area contributed by atoms with E-state index in [1.54, 1.807) is 36.5 Å². The summed E-state index contributed by atoms with van der Waals surface area (Å²) in [6.45, 7) is 0.321. The maximum atomic E-state index is 6.19. The van der Waals surface area contributed by atoms with Crippen LogP contribution in [-0.2, 0) is 6.61 Å². The molecule has 0 radical (unpaired) electrons. The molecule has 0 fully saturated rings. The molecule has 0 heterocycles. The van der Waals surface area contributed by atoms with Crippen molar-refractivity contribution in [3.8, 4) is 5.75 Å². The molecule has 0 spiro atoms. The number of nitrogens with zero attached hydrogens (tertiary/aromatic N) is 1. The van der Waals surface area contributed by atoms with Crippen molar-refractivity contribution in [3.05, 3.63) is 91.9 Å². The standard InChI is InChI=1S/C20H14Cl4N2O/c21-15-6-5-14(18(23)9-15)12-27-20-4-2-1-3-13(20)11-25-26-16-7-8-17(22)19(24)10-16/h1-11,26H,12H2. The van der Waals surface area contributed by atoms with Crippen LogP contribution in [0.4, 0.5) is 5.69 Å². The van der Waals surface area contributed by atoms with Crippen molar-refractivity contribution in [1.29, 1.82) is 0 Å². The number of anilines is 1. The topological polar surface area (TPSA) is 33.6 Å². The molecule has 0 aliphatic rings. The number of rotatable bonds is 6. The molecular formula is C20H14Cl4N2O. The van der Waals surface area contributed by atoms with Crippen LogP contribution in [0, 0.1) is 0 Å². The van der Waals surface area contributed by atoms with E-state index in [2.05, 4.69) is 10.5 Å². The summed E-state index contributed by atoms with van der Waals surface area (Å²) in [6.07, 6.45) is 1.67. The number of para-hydroxylation sites is 1. The third kappa shape index (κ3) is 5.53. The summed E-state index contributed by atoms with van der Waals surface area (Å²) in [7, 11) is 0. The van der Waals surface area contributed by atoms with Gasteiger partial charge in [0.05, 0.1) is 21.9 Å². The molecule has 0 aliphatic heterocycles. The van der Waals surface area contributed by atoms with Crippen molar-refractivity contribution >= 4 is 58.3 Å². The van der Waals surface area contributed by atoms with Crippen LogP contribution in [0.15, 0.2) is 65.8 Å².